The first-order valence-corrected chi connectivity index (χ1v) is 17.7. The molecule has 0 amide bonds. The lowest BCUT2D eigenvalue weighted by Gasteiger charge is -2.32. The van der Waals surface area contributed by atoms with E-state index in [1.54, 1.807) is 49.1 Å². The predicted octanol–water partition coefficient (Wildman–Crippen LogP) is 4.92. The van der Waals surface area contributed by atoms with E-state index in [4.69, 9.17) is 30.1 Å². The zero-order chi connectivity index (χ0) is 39.9. The van der Waals surface area contributed by atoms with Gasteiger partial charge < -0.3 is 28.8 Å². The van der Waals surface area contributed by atoms with E-state index in [-0.39, 0.29) is 7.43 Å². The number of rotatable bonds is 2. The van der Waals surface area contributed by atoms with Gasteiger partial charge >= 0.3 is 14.2 Å². The number of hydrogen-bond donors (Lipinski definition) is 2. The highest BCUT2D eigenvalue weighted by molar-refractivity contribution is 9.10. The molecule has 6 rings (SSSR count). The molecule has 2 fully saturated rings. The molecule has 0 spiro atoms. The van der Waals surface area contributed by atoms with Crippen molar-refractivity contribution in [1.29, 1.82) is 10.5 Å². The summed E-state index contributed by atoms with van der Waals surface area (Å²) in [6.45, 7) is 22.3. The van der Waals surface area contributed by atoms with Crippen molar-refractivity contribution < 1.29 is 28.8 Å². The number of nitrogens with zero attached hydrogens (tertiary/aromatic N) is 6. The van der Waals surface area contributed by atoms with E-state index in [1.807, 2.05) is 73.7 Å². The van der Waals surface area contributed by atoms with Crippen molar-refractivity contribution in [3.8, 4) is 36.3 Å². The number of pyridine rings is 2. The summed E-state index contributed by atoms with van der Waals surface area (Å²) < 4.78 is 28.6. The molecule has 0 aliphatic carbocycles. The van der Waals surface area contributed by atoms with Gasteiger partial charge in [0.25, 0.3) is 0 Å². The van der Waals surface area contributed by atoms with E-state index in [9.17, 15) is 15.6 Å². The van der Waals surface area contributed by atoms with Crippen LogP contribution in [0, 0.1) is 46.8 Å². The number of aliphatic hydroxyl groups is 2. The number of halogens is 1. The molecule has 0 saturated carbocycles. The fourth-order valence-corrected chi connectivity index (χ4v) is 5.47. The monoisotopic (exact) mass is 798 g/mol. The third-order valence-corrected chi connectivity index (χ3v) is 9.80. The summed E-state index contributed by atoms with van der Waals surface area (Å²) in [6.07, 6.45) is 11.4. The van der Waals surface area contributed by atoms with Gasteiger partial charge in [0.2, 0.25) is 0 Å². The molecule has 2 saturated heterocycles. The first-order chi connectivity index (χ1) is 24.2. The van der Waals surface area contributed by atoms with Crippen LogP contribution < -0.4 is 10.9 Å². The lowest BCUT2D eigenvalue weighted by atomic mass is 9.77. The van der Waals surface area contributed by atoms with Crippen LogP contribution in [0.4, 0.5) is 0 Å². The second-order valence-electron chi connectivity index (χ2n) is 15.9. The second kappa shape index (κ2) is 15.5. The molecule has 6 heterocycles. The minimum atomic E-state index is -1.11. The molecule has 0 unspecified atom stereocenters. The molecular weight excluding hydrogens is 750 g/mol. The molecule has 12 nitrogen and oxygen atoms in total. The molecule has 2 N–H and O–H groups in total. The Morgan fingerprint density at radius 2 is 1.09 bits per heavy atom. The van der Waals surface area contributed by atoms with Gasteiger partial charge in [-0.05, 0) is 111 Å². The Labute approximate surface area is 328 Å². The van der Waals surface area contributed by atoms with Crippen LogP contribution >= 0.6 is 15.9 Å². The molecule has 15 heteroatoms. The highest BCUT2D eigenvalue weighted by Gasteiger charge is 2.53. The van der Waals surface area contributed by atoms with Gasteiger partial charge in [0, 0.05) is 33.4 Å². The standard InChI is InChI=1S/C19H22BN3O3.C14H15BBrN3O2.C5H8O.CH4/c1-17(2,24)8-7-13-9-15(16-14(10-21)11-22-23(16)12-13)20-25-18(3,4)19(5,6)26-20;1-13(2)14(3,4)21-15(20-13)11-5-10(16)8-19-12(11)9(6-17)7-18-19;1-4-5(2,3)6;/h9,11-12,24H,1-6H3;5,7-8H,1-4H3;1,6H,2-3H3;1H4. The van der Waals surface area contributed by atoms with Crippen LogP contribution in [0.2, 0.25) is 0 Å². The van der Waals surface area contributed by atoms with Gasteiger partial charge in [0.15, 0.2) is 0 Å². The molecule has 284 valence electrons. The fourth-order valence-electron chi connectivity index (χ4n) is 5.03. The molecule has 0 aromatic carbocycles. The van der Waals surface area contributed by atoms with E-state index in [0.29, 0.717) is 27.7 Å². The maximum absolute atomic E-state index is 9.86. The van der Waals surface area contributed by atoms with Crippen LogP contribution in [0.15, 0.2) is 41.4 Å². The minimum Gasteiger partial charge on any atom is -0.399 e. The second-order valence-corrected chi connectivity index (χ2v) is 16.8. The summed E-state index contributed by atoms with van der Waals surface area (Å²) in [5, 5.41) is 45.6. The third-order valence-electron chi connectivity index (χ3n) is 9.37. The van der Waals surface area contributed by atoms with Crippen LogP contribution in [0.1, 0.15) is 107 Å². The molecule has 54 heavy (non-hydrogen) atoms. The molecule has 2 aliphatic heterocycles. The van der Waals surface area contributed by atoms with Crippen LogP contribution in [0.3, 0.4) is 0 Å². The van der Waals surface area contributed by atoms with Crippen LogP contribution in [0.5, 0.6) is 0 Å². The third kappa shape index (κ3) is 9.55. The summed E-state index contributed by atoms with van der Waals surface area (Å²) in [5.41, 5.74) is 0.554. The van der Waals surface area contributed by atoms with E-state index in [1.165, 1.54) is 6.20 Å². The Bertz CT molecular complexity index is 2180. The van der Waals surface area contributed by atoms with E-state index < -0.39 is 47.8 Å². The Morgan fingerprint density at radius 3 is 1.44 bits per heavy atom. The summed E-state index contributed by atoms with van der Waals surface area (Å²) in [4.78, 5) is 0. The van der Waals surface area contributed by atoms with Crippen molar-refractivity contribution in [2.75, 3.05) is 0 Å². The number of aromatic nitrogens is 4. The van der Waals surface area contributed by atoms with Crippen molar-refractivity contribution in [3.63, 3.8) is 0 Å². The number of terminal acetylenes is 1. The lowest BCUT2D eigenvalue weighted by molar-refractivity contribution is 0.00578. The van der Waals surface area contributed by atoms with Crippen LogP contribution in [-0.2, 0) is 18.6 Å². The van der Waals surface area contributed by atoms with Gasteiger partial charge in [-0.25, -0.2) is 9.03 Å². The predicted molar refractivity (Wildman–Crippen MR) is 214 cm³/mol. The van der Waals surface area contributed by atoms with Gasteiger partial charge in [0.1, 0.15) is 23.3 Å². The summed E-state index contributed by atoms with van der Waals surface area (Å²) in [7, 11) is -1.17. The molecule has 4 aromatic rings. The Morgan fingerprint density at radius 1 is 0.722 bits per heavy atom. The lowest BCUT2D eigenvalue weighted by Crippen LogP contribution is -2.41. The van der Waals surface area contributed by atoms with E-state index >= 15 is 0 Å². The SMILES string of the molecule is C.C#CC(C)(C)O.CC(C)(O)C#Cc1cc(B2OC(C)(C)C(C)(C)O2)c2c(C#N)cnn2c1.CC1(C)OB(c2cc(Br)cn3ncc(C#N)c23)OC1(C)C. The fraction of sp³-hybridized carbons (Fsp3) is 0.487. The van der Waals surface area contributed by atoms with Gasteiger partial charge in [-0.15, -0.1) is 6.42 Å². The molecule has 4 aromatic heterocycles. The molecular formula is C39H49B2BrN6O6. The van der Waals surface area contributed by atoms with Gasteiger partial charge in [-0.2, -0.15) is 20.7 Å². The molecule has 0 atom stereocenters. The van der Waals surface area contributed by atoms with Gasteiger partial charge in [-0.3, -0.25) is 0 Å². The zero-order valence-corrected chi connectivity index (χ0v) is 33.9. The highest BCUT2D eigenvalue weighted by Crippen LogP contribution is 2.38. The van der Waals surface area contributed by atoms with E-state index in [2.05, 4.69) is 56.0 Å². The minimum absolute atomic E-state index is 0. The first-order valence-electron chi connectivity index (χ1n) is 16.9. The van der Waals surface area contributed by atoms with E-state index in [0.717, 1.165) is 15.5 Å². The molecule has 2 aliphatic rings. The highest BCUT2D eigenvalue weighted by atomic mass is 79.9. The molecule has 0 radical (unpaired) electrons. The summed E-state index contributed by atoms with van der Waals surface area (Å²) in [6, 6.07) is 8.07. The van der Waals surface area contributed by atoms with Crippen molar-refractivity contribution in [1.82, 2.24) is 19.2 Å². The van der Waals surface area contributed by atoms with Crippen molar-refractivity contribution in [3.05, 3.63) is 58.1 Å². The van der Waals surface area contributed by atoms with Crippen molar-refractivity contribution in [2.24, 2.45) is 0 Å². The smallest absolute Gasteiger partial charge is 0.399 e. The summed E-state index contributed by atoms with van der Waals surface area (Å²) >= 11 is 3.46. The maximum atomic E-state index is 9.86. The Hall–Kier alpha value is -4.15. The average Bonchev–Trinajstić information content (AvgIpc) is 3.75. The largest absolute Gasteiger partial charge is 0.497 e. The first kappa shape index (κ1) is 44.2. The summed E-state index contributed by atoms with van der Waals surface area (Å²) in [5.74, 6) is 7.91. The van der Waals surface area contributed by atoms with Gasteiger partial charge in [0.05, 0.1) is 57.0 Å². The molecule has 0 bridgehead atoms. The van der Waals surface area contributed by atoms with Crippen molar-refractivity contribution in [2.45, 2.75) is 124 Å². The van der Waals surface area contributed by atoms with Crippen molar-refractivity contribution >= 4 is 52.1 Å². The normalized spacial score (nSPS) is 17.8. The number of nitriles is 2. The topological polar surface area (TPSA) is 160 Å². The van der Waals surface area contributed by atoms with Crippen LogP contribution in [-0.4, -0.2) is 77.3 Å². The van der Waals surface area contributed by atoms with Crippen LogP contribution in [0.25, 0.3) is 11.0 Å². The quantitative estimate of drug-likeness (QED) is 0.211. The van der Waals surface area contributed by atoms with Gasteiger partial charge in [-0.1, -0.05) is 25.2 Å². The number of hydrogen-bond acceptors (Lipinski definition) is 10. The Balaban J connectivity index is 0.000000252. The number of fused-ring (bicyclic) bond motifs is 2. The Kier molecular flexibility index (Phi) is 12.7. The zero-order valence-electron chi connectivity index (χ0n) is 32.3. The average molecular weight is 799 g/mol. The maximum Gasteiger partial charge on any atom is 0.497 e.